The van der Waals surface area contributed by atoms with E-state index in [1.54, 1.807) is 30.8 Å². The van der Waals surface area contributed by atoms with Crippen LogP contribution in [0.3, 0.4) is 0 Å². The van der Waals surface area contributed by atoms with Crippen LogP contribution in [0.25, 0.3) is 0 Å². The van der Waals surface area contributed by atoms with Crippen LogP contribution in [-0.4, -0.2) is 21.4 Å². The van der Waals surface area contributed by atoms with Crippen LogP contribution in [0.2, 0.25) is 0 Å². The maximum atomic E-state index is 12.3. The van der Waals surface area contributed by atoms with Gasteiger partial charge in [-0.15, -0.1) is 0 Å². The van der Waals surface area contributed by atoms with E-state index in [0.717, 1.165) is 11.1 Å². The van der Waals surface area contributed by atoms with E-state index < -0.39 is 10.8 Å². The standard InChI is InChI=1S/C16H18N2O2S/c1-12(14-6-8-17-9-7-14)18-16(19)15-5-3-4-13(10-15)11-21(2)20/h3-10,12H,11H2,1-2H3,(H,18,19). The number of nitrogens with zero attached hydrogens (tertiary/aromatic N) is 1. The first kappa shape index (κ1) is 15.4. The number of hydrogen-bond acceptors (Lipinski definition) is 3. The monoisotopic (exact) mass is 302 g/mol. The third kappa shape index (κ3) is 4.49. The van der Waals surface area contributed by atoms with Crippen molar-refractivity contribution in [2.24, 2.45) is 0 Å². The van der Waals surface area contributed by atoms with Crippen LogP contribution in [0.5, 0.6) is 0 Å². The molecule has 0 bridgehead atoms. The number of carbonyl (C=O) groups is 1. The highest BCUT2D eigenvalue weighted by Gasteiger charge is 2.11. The molecule has 4 nitrogen and oxygen atoms in total. The molecule has 0 aliphatic carbocycles. The molecule has 1 heterocycles. The Morgan fingerprint density at radius 2 is 2.00 bits per heavy atom. The third-order valence-electron chi connectivity index (χ3n) is 3.11. The molecule has 2 unspecified atom stereocenters. The fraction of sp³-hybridized carbons (Fsp3) is 0.250. The minimum absolute atomic E-state index is 0.0931. The molecule has 0 aliphatic heterocycles. The van der Waals surface area contributed by atoms with Crippen molar-refractivity contribution in [3.63, 3.8) is 0 Å². The number of amides is 1. The van der Waals surface area contributed by atoms with E-state index in [1.165, 1.54) is 0 Å². The van der Waals surface area contributed by atoms with Gasteiger partial charge in [-0.2, -0.15) is 0 Å². The zero-order valence-corrected chi connectivity index (χ0v) is 12.9. The zero-order chi connectivity index (χ0) is 15.2. The first-order chi connectivity index (χ1) is 10.1. The third-order valence-corrected chi connectivity index (χ3v) is 3.85. The molecule has 110 valence electrons. The van der Waals surface area contributed by atoms with Crippen LogP contribution >= 0.6 is 0 Å². The topological polar surface area (TPSA) is 59.1 Å². The lowest BCUT2D eigenvalue weighted by Crippen LogP contribution is -2.26. The van der Waals surface area contributed by atoms with Gasteiger partial charge in [0.05, 0.1) is 6.04 Å². The smallest absolute Gasteiger partial charge is 0.251 e. The summed E-state index contributed by atoms with van der Waals surface area (Å²) in [5, 5.41) is 2.95. The van der Waals surface area contributed by atoms with Gasteiger partial charge in [0.15, 0.2) is 0 Å². The molecule has 0 aliphatic rings. The van der Waals surface area contributed by atoms with Gasteiger partial charge in [0, 0.05) is 40.8 Å². The number of pyridine rings is 1. The van der Waals surface area contributed by atoms with Crippen LogP contribution in [0.1, 0.15) is 34.5 Å². The molecule has 2 aromatic rings. The maximum absolute atomic E-state index is 12.3. The summed E-state index contributed by atoms with van der Waals surface area (Å²) in [4.78, 5) is 16.2. The Morgan fingerprint density at radius 3 is 2.67 bits per heavy atom. The van der Waals surface area contributed by atoms with Gasteiger partial charge in [0.25, 0.3) is 5.91 Å². The maximum Gasteiger partial charge on any atom is 0.251 e. The van der Waals surface area contributed by atoms with Crippen molar-refractivity contribution in [3.05, 3.63) is 65.5 Å². The highest BCUT2D eigenvalue weighted by Crippen LogP contribution is 2.13. The number of rotatable bonds is 5. The second kappa shape index (κ2) is 7.13. The molecule has 0 radical (unpaired) electrons. The van der Waals surface area contributed by atoms with Crippen LogP contribution in [-0.2, 0) is 16.6 Å². The number of nitrogens with one attached hydrogen (secondary N) is 1. The van der Waals surface area contributed by atoms with E-state index in [9.17, 15) is 9.00 Å². The van der Waals surface area contributed by atoms with E-state index in [0.29, 0.717) is 11.3 Å². The van der Waals surface area contributed by atoms with Gasteiger partial charge >= 0.3 is 0 Å². The predicted octanol–water partition coefficient (Wildman–Crippen LogP) is 2.45. The van der Waals surface area contributed by atoms with Gasteiger partial charge in [-0.05, 0) is 42.3 Å². The lowest BCUT2D eigenvalue weighted by atomic mass is 10.1. The highest BCUT2D eigenvalue weighted by molar-refractivity contribution is 7.83. The van der Waals surface area contributed by atoms with Gasteiger partial charge in [0.2, 0.25) is 0 Å². The van der Waals surface area contributed by atoms with Crippen molar-refractivity contribution >= 4 is 16.7 Å². The fourth-order valence-electron chi connectivity index (χ4n) is 2.05. The van der Waals surface area contributed by atoms with Crippen LogP contribution in [0.15, 0.2) is 48.8 Å². The lowest BCUT2D eigenvalue weighted by molar-refractivity contribution is 0.0940. The molecule has 21 heavy (non-hydrogen) atoms. The summed E-state index contributed by atoms with van der Waals surface area (Å²) in [6.45, 7) is 1.93. The molecule has 1 aromatic carbocycles. The number of benzene rings is 1. The van der Waals surface area contributed by atoms with E-state index >= 15 is 0 Å². The first-order valence-corrected chi connectivity index (χ1v) is 8.38. The van der Waals surface area contributed by atoms with Crippen molar-refractivity contribution in [2.75, 3.05) is 6.26 Å². The van der Waals surface area contributed by atoms with Crippen molar-refractivity contribution in [3.8, 4) is 0 Å². The summed E-state index contributed by atoms with van der Waals surface area (Å²) < 4.78 is 11.3. The number of aromatic nitrogens is 1. The van der Waals surface area contributed by atoms with E-state index in [1.807, 2.05) is 31.2 Å². The minimum atomic E-state index is -0.917. The lowest BCUT2D eigenvalue weighted by Gasteiger charge is -2.14. The van der Waals surface area contributed by atoms with Crippen molar-refractivity contribution in [1.29, 1.82) is 0 Å². The Labute approximate surface area is 127 Å². The van der Waals surface area contributed by atoms with E-state index in [4.69, 9.17) is 0 Å². The summed E-state index contributed by atoms with van der Waals surface area (Å²) in [5.41, 5.74) is 2.49. The van der Waals surface area contributed by atoms with Crippen molar-refractivity contribution in [2.45, 2.75) is 18.7 Å². The molecule has 1 amide bonds. The number of carbonyl (C=O) groups excluding carboxylic acids is 1. The first-order valence-electron chi connectivity index (χ1n) is 6.66. The Bertz CT molecular complexity index is 644. The summed E-state index contributed by atoms with van der Waals surface area (Å²) in [6.07, 6.45) is 5.06. The molecule has 0 saturated heterocycles. The second-order valence-electron chi connectivity index (χ2n) is 4.89. The summed E-state index contributed by atoms with van der Waals surface area (Å²) in [7, 11) is -0.917. The quantitative estimate of drug-likeness (QED) is 0.923. The summed E-state index contributed by atoms with van der Waals surface area (Å²) >= 11 is 0. The zero-order valence-electron chi connectivity index (χ0n) is 12.1. The van der Waals surface area contributed by atoms with Crippen LogP contribution < -0.4 is 5.32 Å². The van der Waals surface area contributed by atoms with Gasteiger partial charge in [-0.1, -0.05) is 12.1 Å². The molecular weight excluding hydrogens is 284 g/mol. The Balaban J connectivity index is 2.08. The number of hydrogen-bond donors (Lipinski definition) is 1. The average Bonchev–Trinajstić information content (AvgIpc) is 2.47. The molecule has 2 atom stereocenters. The minimum Gasteiger partial charge on any atom is -0.346 e. The summed E-state index contributed by atoms with van der Waals surface area (Å²) in [6, 6.07) is 10.9. The van der Waals surface area contributed by atoms with Gasteiger partial charge < -0.3 is 5.32 Å². The molecule has 0 fully saturated rings. The molecule has 0 spiro atoms. The highest BCUT2D eigenvalue weighted by atomic mass is 32.2. The van der Waals surface area contributed by atoms with Crippen LogP contribution in [0, 0.1) is 0 Å². The Kier molecular flexibility index (Phi) is 5.22. The molecule has 5 heteroatoms. The summed E-state index contributed by atoms with van der Waals surface area (Å²) in [5.74, 6) is 0.323. The molecular formula is C16H18N2O2S. The van der Waals surface area contributed by atoms with E-state index in [-0.39, 0.29) is 11.9 Å². The van der Waals surface area contributed by atoms with Crippen LogP contribution in [0.4, 0.5) is 0 Å². The van der Waals surface area contributed by atoms with Gasteiger partial charge in [-0.25, -0.2) is 0 Å². The molecule has 0 saturated carbocycles. The van der Waals surface area contributed by atoms with Gasteiger partial charge in [0.1, 0.15) is 0 Å². The average molecular weight is 302 g/mol. The SMILES string of the molecule is CC(NC(=O)c1cccc(CS(C)=O)c1)c1ccncc1. The normalized spacial score (nSPS) is 13.4. The van der Waals surface area contributed by atoms with E-state index in [2.05, 4.69) is 10.3 Å². The largest absolute Gasteiger partial charge is 0.346 e. The molecule has 2 rings (SSSR count). The Hall–Kier alpha value is -2.01. The van der Waals surface area contributed by atoms with Crippen molar-refractivity contribution in [1.82, 2.24) is 10.3 Å². The van der Waals surface area contributed by atoms with Crippen molar-refractivity contribution < 1.29 is 9.00 Å². The molecule has 1 N–H and O–H groups in total. The van der Waals surface area contributed by atoms with Gasteiger partial charge in [-0.3, -0.25) is 14.0 Å². The molecule has 1 aromatic heterocycles. The Morgan fingerprint density at radius 1 is 1.29 bits per heavy atom. The predicted molar refractivity (Wildman–Crippen MR) is 84.3 cm³/mol. The fourth-order valence-corrected chi connectivity index (χ4v) is 2.70. The second-order valence-corrected chi connectivity index (χ2v) is 6.33.